The summed E-state index contributed by atoms with van der Waals surface area (Å²) in [7, 11) is 0. The van der Waals surface area contributed by atoms with Gasteiger partial charge in [0, 0.05) is 4.90 Å². The molecule has 1 N–H and O–H groups in total. The van der Waals surface area contributed by atoms with Crippen molar-refractivity contribution in [2.24, 2.45) is 0 Å². The van der Waals surface area contributed by atoms with Crippen molar-refractivity contribution in [2.75, 3.05) is 5.32 Å². The van der Waals surface area contributed by atoms with Crippen LogP contribution in [0.5, 0.6) is 0 Å². The summed E-state index contributed by atoms with van der Waals surface area (Å²) in [6.45, 7) is 0. The molecule has 82 valence electrons. The molecule has 0 fully saturated rings. The third kappa shape index (κ3) is 4.01. The van der Waals surface area contributed by atoms with Crippen LogP contribution in [0.1, 0.15) is 0 Å². The highest BCUT2D eigenvalue weighted by Gasteiger charge is 2.29. The van der Waals surface area contributed by atoms with E-state index in [2.05, 4.69) is 5.32 Å². The van der Waals surface area contributed by atoms with E-state index in [9.17, 15) is 18.0 Å². The summed E-state index contributed by atoms with van der Waals surface area (Å²) in [4.78, 5) is 10.1. The number of halogens is 4. The second-order valence-electron chi connectivity index (χ2n) is 2.45. The van der Waals surface area contributed by atoms with Crippen molar-refractivity contribution in [3.05, 3.63) is 23.2 Å². The summed E-state index contributed by atoms with van der Waals surface area (Å²) in [5, 5.41) is 2.40. The highest BCUT2D eigenvalue weighted by molar-refractivity contribution is 8.00. The Bertz CT molecular complexity index is 369. The molecular formula is C8H5ClF3NOS. The van der Waals surface area contributed by atoms with Gasteiger partial charge in [-0.1, -0.05) is 11.6 Å². The van der Waals surface area contributed by atoms with Crippen LogP contribution in [0.2, 0.25) is 5.02 Å². The average Bonchev–Trinajstić information content (AvgIpc) is 2.09. The third-order valence-electron chi connectivity index (χ3n) is 1.39. The van der Waals surface area contributed by atoms with Gasteiger partial charge in [0.25, 0.3) is 0 Å². The molecule has 1 aromatic rings. The van der Waals surface area contributed by atoms with Gasteiger partial charge in [-0.2, -0.15) is 13.2 Å². The zero-order chi connectivity index (χ0) is 11.5. The van der Waals surface area contributed by atoms with E-state index >= 15 is 0 Å². The van der Waals surface area contributed by atoms with Crippen LogP contribution in [-0.4, -0.2) is 11.9 Å². The molecule has 2 nitrogen and oxygen atoms in total. The van der Waals surface area contributed by atoms with Gasteiger partial charge < -0.3 is 5.32 Å². The molecule has 0 unspecified atom stereocenters. The lowest BCUT2D eigenvalue weighted by atomic mass is 10.3. The fraction of sp³-hybridized carbons (Fsp3) is 0.125. The summed E-state index contributed by atoms with van der Waals surface area (Å²) in [6, 6.07) is 3.69. The van der Waals surface area contributed by atoms with Crippen molar-refractivity contribution in [1.29, 1.82) is 0 Å². The van der Waals surface area contributed by atoms with E-state index in [-0.39, 0.29) is 27.4 Å². The van der Waals surface area contributed by atoms with Gasteiger partial charge in [0.15, 0.2) is 0 Å². The van der Waals surface area contributed by atoms with E-state index in [0.29, 0.717) is 6.41 Å². The van der Waals surface area contributed by atoms with E-state index in [4.69, 9.17) is 11.6 Å². The number of hydrogen-bond donors (Lipinski definition) is 1. The number of benzene rings is 1. The number of thioether (sulfide) groups is 1. The van der Waals surface area contributed by atoms with Crippen LogP contribution >= 0.6 is 23.4 Å². The Hall–Kier alpha value is -0.880. The monoisotopic (exact) mass is 255 g/mol. The number of carbonyl (C=O) groups is 1. The van der Waals surface area contributed by atoms with Gasteiger partial charge in [-0.05, 0) is 30.0 Å². The van der Waals surface area contributed by atoms with Crippen molar-refractivity contribution < 1.29 is 18.0 Å². The van der Waals surface area contributed by atoms with Crippen molar-refractivity contribution >= 4 is 35.5 Å². The van der Waals surface area contributed by atoms with Gasteiger partial charge in [0.05, 0.1) is 10.7 Å². The van der Waals surface area contributed by atoms with E-state index in [1.54, 1.807) is 0 Å². The summed E-state index contributed by atoms with van der Waals surface area (Å²) in [5.74, 6) is 0. The van der Waals surface area contributed by atoms with Crippen molar-refractivity contribution in [3.63, 3.8) is 0 Å². The van der Waals surface area contributed by atoms with E-state index in [1.165, 1.54) is 12.1 Å². The molecule has 0 heterocycles. The minimum absolute atomic E-state index is 0.0312. The zero-order valence-electron chi connectivity index (χ0n) is 7.14. The Labute approximate surface area is 92.8 Å². The Morgan fingerprint density at radius 1 is 1.40 bits per heavy atom. The molecular weight excluding hydrogens is 251 g/mol. The SMILES string of the molecule is O=CNc1cc(SC(F)(F)F)ccc1Cl. The first-order valence-electron chi connectivity index (χ1n) is 3.68. The Kier molecular flexibility index (Phi) is 3.87. The minimum atomic E-state index is -4.35. The second kappa shape index (κ2) is 4.76. The summed E-state index contributed by atoms with van der Waals surface area (Å²) in [6.07, 6.45) is 0.350. The number of hydrogen-bond acceptors (Lipinski definition) is 2. The smallest absolute Gasteiger partial charge is 0.327 e. The molecule has 0 spiro atoms. The van der Waals surface area contributed by atoms with Crippen LogP contribution in [-0.2, 0) is 4.79 Å². The molecule has 0 saturated heterocycles. The molecule has 0 radical (unpaired) electrons. The standard InChI is InChI=1S/C8H5ClF3NOS/c9-6-2-1-5(15-8(10,11)12)3-7(6)13-4-14/h1-4H,(H,13,14). The summed E-state index contributed by atoms with van der Waals surface area (Å²) < 4.78 is 36.0. The number of nitrogens with one attached hydrogen (secondary N) is 1. The number of amides is 1. The largest absolute Gasteiger partial charge is 0.446 e. The third-order valence-corrected chi connectivity index (χ3v) is 2.44. The Morgan fingerprint density at radius 2 is 2.07 bits per heavy atom. The van der Waals surface area contributed by atoms with Crippen LogP contribution in [0.25, 0.3) is 0 Å². The highest BCUT2D eigenvalue weighted by atomic mass is 35.5. The number of rotatable bonds is 3. The number of anilines is 1. The molecule has 0 bridgehead atoms. The average molecular weight is 256 g/mol. The van der Waals surface area contributed by atoms with E-state index < -0.39 is 5.51 Å². The van der Waals surface area contributed by atoms with Crippen LogP contribution in [0.3, 0.4) is 0 Å². The molecule has 0 aliphatic carbocycles. The highest BCUT2D eigenvalue weighted by Crippen LogP contribution is 2.38. The lowest BCUT2D eigenvalue weighted by Gasteiger charge is -2.08. The fourth-order valence-corrected chi connectivity index (χ4v) is 1.63. The fourth-order valence-electron chi connectivity index (χ4n) is 0.876. The molecule has 15 heavy (non-hydrogen) atoms. The molecule has 1 rings (SSSR count). The lowest BCUT2D eigenvalue weighted by Crippen LogP contribution is -2.00. The van der Waals surface area contributed by atoms with Crippen molar-refractivity contribution in [2.45, 2.75) is 10.4 Å². The molecule has 1 amide bonds. The van der Waals surface area contributed by atoms with Gasteiger partial charge in [0.2, 0.25) is 6.41 Å². The normalized spacial score (nSPS) is 11.2. The maximum Gasteiger partial charge on any atom is 0.446 e. The molecule has 0 atom stereocenters. The van der Waals surface area contributed by atoms with Crippen LogP contribution < -0.4 is 5.32 Å². The molecule has 1 aromatic carbocycles. The first-order valence-corrected chi connectivity index (χ1v) is 4.87. The van der Waals surface area contributed by atoms with Crippen LogP contribution in [0.15, 0.2) is 23.1 Å². The van der Waals surface area contributed by atoms with Crippen LogP contribution in [0, 0.1) is 0 Å². The Balaban J connectivity index is 2.92. The lowest BCUT2D eigenvalue weighted by molar-refractivity contribution is -0.105. The molecule has 0 aliphatic heterocycles. The predicted octanol–water partition coefficient (Wildman–Crippen LogP) is 3.52. The van der Waals surface area contributed by atoms with Crippen molar-refractivity contribution in [1.82, 2.24) is 0 Å². The maximum absolute atomic E-state index is 12.0. The van der Waals surface area contributed by atoms with Gasteiger partial charge in [-0.3, -0.25) is 4.79 Å². The van der Waals surface area contributed by atoms with Gasteiger partial charge in [-0.25, -0.2) is 0 Å². The van der Waals surface area contributed by atoms with E-state index in [1.807, 2.05) is 0 Å². The first kappa shape index (κ1) is 12.2. The second-order valence-corrected chi connectivity index (χ2v) is 4.00. The number of carbonyl (C=O) groups excluding carboxylic acids is 1. The van der Waals surface area contributed by atoms with Gasteiger partial charge in [-0.15, -0.1) is 0 Å². The zero-order valence-corrected chi connectivity index (χ0v) is 8.71. The van der Waals surface area contributed by atoms with Crippen molar-refractivity contribution in [3.8, 4) is 0 Å². The Morgan fingerprint density at radius 3 is 2.60 bits per heavy atom. The quantitative estimate of drug-likeness (QED) is 0.661. The van der Waals surface area contributed by atoms with Gasteiger partial charge >= 0.3 is 5.51 Å². The minimum Gasteiger partial charge on any atom is -0.327 e. The first-order chi connectivity index (χ1) is 6.92. The summed E-state index contributed by atoms with van der Waals surface area (Å²) >= 11 is 5.37. The molecule has 7 heteroatoms. The van der Waals surface area contributed by atoms with Gasteiger partial charge in [0.1, 0.15) is 0 Å². The predicted molar refractivity (Wildman–Crippen MR) is 53.1 cm³/mol. The molecule has 0 aromatic heterocycles. The molecule has 0 saturated carbocycles. The number of alkyl halides is 3. The molecule has 0 aliphatic rings. The summed E-state index contributed by atoms with van der Waals surface area (Å²) in [5.41, 5.74) is -4.20. The van der Waals surface area contributed by atoms with E-state index in [0.717, 1.165) is 6.07 Å². The topological polar surface area (TPSA) is 29.1 Å². The van der Waals surface area contributed by atoms with Crippen LogP contribution in [0.4, 0.5) is 18.9 Å². The maximum atomic E-state index is 12.0.